The van der Waals surface area contributed by atoms with Crippen molar-refractivity contribution < 1.29 is 0 Å². The van der Waals surface area contributed by atoms with Gasteiger partial charge in [0.2, 0.25) is 0 Å². The molecule has 2 heterocycles. The fourth-order valence-electron chi connectivity index (χ4n) is 3.43. The van der Waals surface area contributed by atoms with Crippen LogP contribution in [-0.4, -0.2) is 48.1 Å². The van der Waals surface area contributed by atoms with E-state index < -0.39 is 0 Å². The van der Waals surface area contributed by atoms with Crippen LogP contribution in [0.15, 0.2) is 60.9 Å². The second kappa shape index (κ2) is 9.76. The Balaban J connectivity index is 1.28. The first-order valence-corrected chi connectivity index (χ1v) is 11.3. The summed E-state index contributed by atoms with van der Waals surface area (Å²) in [6.45, 7) is 3.62. The van der Waals surface area contributed by atoms with E-state index in [1.807, 2.05) is 42.7 Å². The van der Waals surface area contributed by atoms with Crippen molar-refractivity contribution >= 4 is 67.4 Å². The van der Waals surface area contributed by atoms with Crippen molar-refractivity contribution in [2.24, 2.45) is 0 Å². The number of hydrogen-bond acceptors (Lipinski definition) is 5. The highest BCUT2D eigenvalue weighted by Gasteiger charge is 2.05. The summed E-state index contributed by atoms with van der Waals surface area (Å²) in [5, 5.41) is 10.0. The van der Waals surface area contributed by atoms with Gasteiger partial charge in [0.25, 0.3) is 0 Å². The number of hydrogen-bond donors (Lipinski definition) is 2. The molecular formula is C23H23ClIN5. The van der Waals surface area contributed by atoms with E-state index in [2.05, 4.69) is 73.3 Å². The summed E-state index contributed by atoms with van der Waals surface area (Å²) in [6, 6.07) is 16.2. The number of nitrogens with zero attached hydrogens (tertiary/aromatic N) is 3. The zero-order valence-corrected chi connectivity index (χ0v) is 19.6. The Morgan fingerprint density at radius 2 is 1.40 bits per heavy atom. The summed E-state index contributed by atoms with van der Waals surface area (Å²) in [4.78, 5) is 11.2. The Hall–Kier alpha value is -2.16. The minimum absolute atomic E-state index is 0.705. The van der Waals surface area contributed by atoms with Gasteiger partial charge in [-0.1, -0.05) is 11.6 Å². The molecule has 0 atom stereocenters. The molecule has 154 valence electrons. The summed E-state index contributed by atoms with van der Waals surface area (Å²) in [5.74, 6) is 0. The fourth-order valence-corrected chi connectivity index (χ4v) is 4.07. The Bertz CT molecular complexity index is 1080. The average Bonchev–Trinajstić information content (AvgIpc) is 2.73. The molecule has 7 heteroatoms. The third-order valence-electron chi connectivity index (χ3n) is 5.03. The predicted molar refractivity (Wildman–Crippen MR) is 136 cm³/mol. The molecule has 0 saturated carbocycles. The molecule has 30 heavy (non-hydrogen) atoms. The Labute approximate surface area is 195 Å². The Morgan fingerprint density at radius 3 is 2.03 bits per heavy atom. The number of fused-ring (bicyclic) bond motifs is 2. The quantitative estimate of drug-likeness (QED) is 0.294. The van der Waals surface area contributed by atoms with Gasteiger partial charge in [-0.3, -0.25) is 9.97 Å². The van der Waals surface area contributed by atoms with Gasteiger partial charge in [0, 0.05) is 69.3 Å². The molecule has 0 amide bonds. The van der Waals surface area contributed by atoms with Crippen molar-refractivity contribution in [1.29, 1.82) is 0 Å². The van der Waals surface area contributed by atoms with Crippen LogP contribution in [0.25, 0.3) is 21.8 Å². The zero-order valence-electron chi connectivity index (χ0n) is 16.7. The van der Waals surface area contributed by atoms with E-state index in [4.69, 9.17) is 11.6 Å². The molecule has 5 nitrogen and oxygen atoms in total. The van der Waals surface area contributed by atoms with E-state index >= 15 is 0 Å². The summed E-state index contributed by atoms with van der Waals surface area (Å²) >= 11 is 8.39. The Kier molecular flexibility index (Phi) is 6.86. The summed E-state index contributed by atoms with van der Waals surface area (Å²) in [5.41, 5.74) is 4.14. The fraction of sp³-hybridized carbons (Fsp3) is 0.217. The summed E-state index contributed by atoms with van der Waals surface area (Å²) in [7, 11) is 2.14. The van der Waals surface area contributed by atoms with E-state index in [0.29, 0.717) is 5.02 Å². The first-order valence-electron chi connectivity index (χ1n) is 9.85. The molecule has 0 fully saturated rings. The lowest BCUT2D eigenvalue weighted by atomic mass is 10.2. The third kappa shape index (κ3) is 5.11. The van der Waals surface area contributed by atoms with Crippen LogP contribution in [-0.2, 0) is 0 Å². The first-order chi connectivity index (χ1) is 14.6. The molecule has 0 spiro atoms. The third-order valence-corrected chi connectivity index (χ3v) is 5.93. The lowest BCUT2D eigenvalue weighted by Crippen LogP contribution is -2.29. The van der Waals surface area contributed by atoms with E-state index in [1.54, 1.807) is 0 Å². The van der Waals surface area contributed by atoms with Gasteiger partial charge in [-0.15, -0.1) is 0 Å². The molecule has 0 saturated heterocycles. The van der Waals surface area contributed by atoms with Crippen molar-refractivity contribution in [2.75, 3.05) is 43.9 Å². The molecule has 0 aliphatic heterocycles. The maximum absolute atomic E-state index is 6.07. The second-order valence-corrected chi connectivity index (χ2v) is 8.88. The normalized spacial score (nSPS) is 11.3. The summed E-state index contributed by atoms with van der Waals surface area (Å²) < 4.78 is 1.20. The molecule has 0 bridgehead atoms. The maximum Gasteiger partial charge on any atom is 0.0737 e. The maximum atomic E-state index is 6.07. The number of halogens is 2. The molecule has 2 aromatic carbocycles. The molecule has 0 aliphatic carbocycles. The molecule has 2 aromatic heterocycles. The highest BCUT2D eigenvalue weighted by molar-refractivity contribution is 14.1. The number of anilines is 2. The first kappa shape index (κ1) is 21.1. The number of nitrogens with one attached hydrogen (secondary N) is 2. The summed E-state index contributed by atoms with van der Waals surface area (Å²) in [6.07, 6.45) is 3.68. The number of benzene rings is 2. The van der Waals surface area contributed by atoms with Crippen LogP contribution in [0.1, 0.15) is 0 Å². The van der Waals surface area contributed by atoms with E-state index in [-0.39, 0.29) is 0 Å². The van der Waals surface area contributed by atoms with E-state index in [1.165, 1.54) is 3.57 Å². The Morgan fingerprint density at radius 1 is 0.833 bits per heavy atom. The van der Waals surface area contributed by atoms with Crippen LogP contribution >= 0.6 is 34.2 Å². The lowest BCUT2D eigenvalue weighted by molar-refractivity contribution is 0.361. The van der Waals surface area contributed by atoms with E-state index in [9.17, 15) is 0 Å². The predicted octanol–water partition coefficient (Wildman–Crippen LogP) is 5.50. The monoisotopic (exact) mass is 531 g/mol. The average molecular weight is 532 g/mol. The topological polar surface area (TPSA) is 53.1 Å². The molecular weight excluding hydrogens is 509 g/mol. The van der Waals surface area contributed by atoms with Gasteiger partial charge < -0.3 is 15.5 Å². The van der Waals surface area contributed by atoms with Gasteiger partial charge in [-0.25, -0.2) is 0 Å². The van der Waals surface area contributed by atoms with Crippen LogP contribution in [0.5, 0.6) is 0 Å². The van der Waals surface area contributed by atoms with E-state index in [0.717, 1.165) is 59.4 Å². The smallest absolute Gasteiger partial charge is 0.0737 e. The highest BCUT2D eigenvalue weighted by atomic mass is 127. The van der Waals surface area contributed by atoms with Gasteiger partial charge >= 0.3 is 0 Å². The SMILES string of the molecule is CN(CCNc1ccnc2cc(Cl)ccc12)CCNc1ccnc2cc(I)ccc12. The van der Waals surface area contributed by atoms with Crippen molar-refractivity contribution in [3.8, 4) is 0 Å². The van der Waals surface area contributed by atoms with Crippen LogP contribution in [0, 0.1) is 3.57 Å². The molecule has 4 aromatic rings. The second-order valence-electron chi connectivity index (χ2n) is 7.20. The largest absolute Gasteiger partial charge is 0.383 e. The van der Waals surface area contributed by atoms with Gasteiger partial charge in [0.1, 0.15) is 0 Å². The van der Waals surface area contributed by atoms with Crippen LogP contribution in [0.4, 0.5) is 11.4 Å². The molecule has 0 aliphatic rings. The van der Waals surface area contributed by atoms with Crippen LogP contribution in [0.3, 0.4) is 0 Å². The van der Waals surface area contributed by atoms with Crippen molar-refractivity contribution in [1.82, 2.24) is 14.9 Å². The van der Waals surface area contributed by atoms with Crippen molar-refractivity contribution in [3.63, 3.8) is 0 Å². The van der Waals surface area contributed by atoms with Crippen molar-refractivity contribution in [2.45, 2.75) is 0 Å². The van der Waals surface area contributed by atoms with Gasteiger partial charge in [-0.2, -0.15) is 0 Å². The van der Waals surface area contributed by atoms with Gasteiger partial charge in [0.05, 0.1) is 11.0 Å². The minimum atomic E-state index is 0.705. The van der Waals surface area contributed by atoms with Crippen LogP contribution < -0.4 is 10.6 Å². The standard InChI is InChI=1S/C23H23ClIN5/c1-30(12-10-28-20-6-8-26-22-14-16(24)2-4-18(20)22)13-11-29-21-7-9-27-23-15-17(25)3-5-19(21)23/h2-9,14-15H,10-13H2,1H3,(H,26,28)(H,27,29). The molecule has 0 unspecified atom stereocenters. The number of pyridine rings is 2. The highest BCUT2D eigenvalue weighted by Crippen LogP contribution is 2.24. The van der Waals surface area contributed by atoms with Crippen molar-refractivity contribution in [3.05, 3.63) is 69.5 Å². The zero-order chi connectivity index (χ0) is 20.9. The number of aromatic nitrogens is 2. The van der Waals surface area contributed by atoms with Gasteiger partial charge in [0.15, 0.2) is 0 Å². The molecule has 4 rings (SSSR count). The number of likely N-dealkylation sites (N-methyl/N-ethyl adjacent to an activating group) is 1. The van der Waals surface area contributed by atoms with Gasteiger partial charge in [-0.05, 0) is 78.2 Å². The lowest BCUT2D eigenvalue weighted by Gasteiger charge is -2.19. The number of rotatable bonds is 8. The molecule has 2 N–H and O–H groups in total. The molecule has 0 radical (unpaired) electrons. The minimum Gasteiger partial charge on any atom is -0.383 e. The van der Waals surface area contributed by atoms with Crippen LogP contribution in [0.2, 0.25) is 5.02 Å².